The Morgan fingerprint density at radius 3 is 2.71 bits per heavy atom. The Morgan fingerprint density at radius 2 is 2.10 bits per heavy atom. The van der Waals surface area contributed by atoms with Crippen LogP contribution in [0, 0.1) is 0 Å². The molecule has 0 unspecified atom stereocenters. The zero-order valence-electron chi connectivity index (χ0n) is 13.4. The normalized spacial score (nSPS) is 11.5. The second kappa shape index (κ2) is 7.27. The van der Waals surface area contributed by atoms with E-state index >= 15 is 0 Å². The Labute approximate surface area is 135 Å². The smallest absolute Gasteiger partial charge is 0.0767 e. The van der Waals surface area contributed by atoms with Crippen molar-refractivity contribution in [1.82, 2.24) is 19.7 Å². The van der Waals surface area contributed by atoms with Crippen molar-refractivity contribution in [2.75, 3.05) is 0 Å². The molecule has 0 fully saturated rings. The van der Waals surface area contributed by atoms with Crippen LogP contribution in [-0.2, 0) is 26.1 Å². The summed E-state index contributed by atoms with van der Waals surface area (Å²) in [4.78, 5) is 0. The first-order valence-corrected chi connectivity index (χ1v) is 8.47. The van der Waals surface area contributed by atoms with E-state index in [2.05, 4.69) is 81.6 Å². The molecule has 116 valence electrons. The average molecular weight is 353 g/mol. The molecule has 2 aromatic rings. The molecule has 2 aromatic heterocycles. The zero-order valence-corrected chi connectivity index (χ0v) is 14.9. The van der Waals surface area contributed by atoms with Crippen molar-refractivity contribution in [3.05, 3.63) is 39.9 Å². The summed E-state index contributed by atoms with van der Waals surface area (Å²) in [6.45, 7) is 11.3. The number of nitrogens with one attached hydrogen (secondary N) is 1. The van der Waals surface area contributed by atoms with E-state index in [1.54, 1.807) is 0 Å². The fourth-order valence-corrected chi connectivity index (χ4v) is 3.09. The number of rotatable bonds is 7. The zero-order chi connectivity index (χ0) is 15.4. The lowest BCUT2D eigenvalue weighted by Crippen LogP contribution is -2.23. The van der Waals surface area contributed by atoms with Crippen molar-refractivity contribution in [3.63, 3.8) is 0 Å². The number of hydrogen-bond acceptors (Lipinski definition) is 2. The van der Waals surface area contributed by atoms with Crippen LogP contribution in [0.3, 0.4) is 0 Å². The molecule has 0 amide bonds. The highest BCUT2D eigenvalue weighted by atomic mass is 79.9. The highest BCUT2D eigenvalue weighted by Crippen LogP contribution is 2.23. The maximum absolute atomic E-state index is 4.67. The molecule has 0 aliphatic rings. The van der Waals surface area contributed by atoms with Gasteiger partial charge in [0.05, 0.1) is 22.4 Å². The second-order valence-electron chi connectivity index (χ2n) is 5.54. The van der Waals surface area contributed by atoms with E-state index in [4.69, 9.17) is 0 Å². The van der Waals surface area contributed by atoms with Gasteiger partial charge in [0, 0.05) is 31.0 Å². The quantitative estimate of drug-likeness (QED) is 0.826. The SMILES string of the molecule is CCc1nn(CC)c(Cn2cccc2CNC(C)C)c1Br. The Hall–Kier alpha value is -1.07. The topological polar surface area (TPSA) is 34.8 Å². The summed E-state index contributed by atoms with van der Waals surface area (Å²) >= 11 is 3.72. The molecular formula is C16H25BrN4. The summed E-state index contributed by atoms with van der Waals surface area (Å²) in [6.07, 6.45) is 3.09. The third-order valence-electron chi connectivity index (χ3n) is 3.63. The van der Waals surface area contributed by atoms with Gasteiger partial charge in [-0.15, -0.1) is 0 Å². The minimum absolute atomic E-state index is 0.493. The summed E-state index contributed by atoms with van der Waals surface area (Å²) in [7, 11) is 0. The monoisotopic (exact) mass is 352 g/mol. The lowest BCUT2D eigenvalue weighted by atomic mass is 10.3. The summed E-state index contributed by atoms with van der Waals surface area (Å²) in [5.74, 6) is 0. The van der Waals surface area contributed by atoms with Crippen molar-refractivity contribution in [2.24, 2.45) is 0 Å². The van der Waals surface area contributed by atoms with E-state index in [1.165, 1.54) is 11.4 Å². The predicted octanol–water partition coefficient (Wildman–Crippen LogP) is 3.58. The predicted molar refractivity (Wildman–Crippen MR) is 90.5 cm³/mol. The molecule has 0 radical (unpaired) electrons. The molecule has 1 N–H and O–H groups in total. The minimum Gasteiger partial charge on any atom is -0.344 e. The van der Waals surface area contributed by atoms with E-state index in [0.717, 1.165) is 36.2 Å². The van der Waals surface area contributed by atoms with Gasteiger partial charge in [-0.05, 0) is 41.4 Å². The molecule has 0 aliphatic heterocycles. The first-order valence-electron chi connectivity index (χ1n) is 7.68. The Balaban J connectivity index is 2.22. The second-order valence-corrected chi connectivity index (χ2v) is 6.33. The Morgan fingerprint density at radius 1 is 1.33 bits per heavy atom. The van der Waals surface area contributed by atoms with Gasteiger partial charge in [0.15, 0.2) is 0 Å². The minimum atomic E-state index is 0.493. The molecule has 0 aromatic carbocycles. The van der Waals surface area contributed by atoms with E-state index < -0.39 is 0 Å². The van der Waals surface area contributed by atoms with Gasteiger partial charge in [0.1, 0.15) is 0 Å². The molecule has 4 nitrogen and oxygen atoms in total. The van der Waals surface area contributed by atoms with Crippen LogP contribution >= 0.6 is 15.9 Å². The average Bonchev–Trinajstić information content (AvgIpc) is 3.02. The van der Waals surface area contributed by atoms with Gasteiger partial charge >= 0.3 is 0 Å². The van der Waals surface area contributed by atoms with Crippen LogP contribution in [-0.4, -0.2) is 20.4 Å². The maximum atomic E-state index is 4.67. The van der Waals surface area contributed by atoms with E-state index in [1.807, 2.05) is 0 Å². The lowest BCUT2D eigenvalue weighted by Gasteiger charge is -2.13. The van der Waals surface area contributed by atoms with Crippen LogP contribution in [0.2, 0.25) is 0 Å². The summed E-state index contributed by atoms with van der Waals surface area (Å²) in [5.41, 5.74) is 3.69. The third-order valence-corrected chi connectivity index (χ3v) is 4.54. The fourth-order valence-electron chi connectivity index (χ4n) is 2.40. The number of halogens is 1. The van der Waals surface area contributed by atoms with Crippen molar-refractivity contribution >= 4 is 15.9 Å². The van der Waals surface area contributed by atoms with Gasteiger partial charge in [-0.3, -0.25) is 4.68 Å². The number of aryl methyl sites for hydroxylation is 2. The number of aromatic nitrogens is 3. The van der Waals surface area contributed by atoms with Crippen LogP contribution in [0.1, 0.15) is 44.8 Å². The van der Waals surface area contributed by atoms with Crippen molar-refractivity contribution in [1.29, 1.82) is 0 Å². The van der Waals surface area contributed by atoms with E-state index in [-0.39, 0.29) is 0 Å². The van der Waals surface area contributed by atoms with Crippen molar-refractivity contribution in [3.8, 4) is 0 Å². The fraction of sp³-hybridized carbons (Fsp3) is 0.562. The Bertz CT molecular complexity index is 583. The van der Waals surface area contributed by atoms with Crippen LogP contribution < -0.4 is 5.32 Å². The highest BCUT2D eigenvalue weighted by molar-refractivity contribution is 9.10. The first-order chi connectivity index (χ1) is 10.1. The molecule has 2 heterocycles. The molecule has 21 heavy (non-hydrogen) atoms. The van der Waals surface area contributed by atoms with Gasteiger partial charge in [-0.25, -0.2) is 0 Å². The van der Waals surface area contributed by atoms with Crippen molar-refractivity contribution in [2.45, 2.75) is 59.8 Å². The van der Waals surface area contributed by atoms with Crippen LogP contribution in [0.15, 0.2) is 22.8 Å². The number of nitrogens with zero attached hydrogens (tertiary/aromatic N) is 3. The largest absolute Gasteiger partial charge is 0.344 e. The summed E-state index contributed by atoms with van der Waals surface area (Å²) in [5, 5.41) is 8.15. The molecule has 0 aliphatic carbocycles. The molecule has 2 rings (SSSR count). The molecule has 0 bridgehead atoms. The molecule has 0 saturated heterocycles. The van der Waals surface area contributed by atoms with E-state index in [0.29, 0.717) is 6.04 Å². The van der Waals surface area contributed by atoms with Crippen LogP contribution in [0.5, 0.6) is 0 Å². The molecule has 0 saturated carbocycles. The maximum Gasteiger partial charge on any atom is 0.0767 e. The van der Waals surface area contributed by atoms with Crippen molar-refractivity contribution < 1.29 is 0 Å². The first kappa shape index (κ1) is 16.3. The van der Waals surface area contributed by atoms with Gasteiger partial charge < -0.3 is 9.88 Å². The summed E-state index contributed by atoms with van der Waals surface area (Å²) < 4.78 is 5.55. The highest BCUT2D eigenvalue weighted by Gasteiger charge is 2.15. The molecule has 5 heteroatoms. The summed E-state index contributed by atoms with van der Waals surface area (Å²) in [6, 6.07) is 4.78. The molecule has 0 spiro atoms. The van der Waals surface area contributed by atoms with Gasteiger partial charge in [-0.1, -0.05) is 20.8 Å². The van der Waals surface area contributed by atoms with Crippen LogP contribution in [0.4, 0.5) is 0 Å². The van der Waals surface area contributed by atoms with Gasteiger partial charge in [-0.2, -0.15) is 5.10 Å². The van der Waals surface area contributed by atoms with Gasteiger partial charge in [0.25, 0.3) is 0 Å². The standard InChI is InChI=1S/C16H25BrN4/c1-5-14-16(17)15(21(6-2)19-14)11-20-9-7-8-13(20)10-18-12(3)4/h7-9,12,18H,5-6,10-11H2,1-4H3. The Kier molecular flexibility index (Phi) is 5.65. The molecule has 0 atom stereocenters. The molecular weight excluding hydrogens is 328 g/mol. The number of hydrogen-bond donors (Lipinski definition) is 1. The lowest BCUT2D eigenvalue weighted by molar-refractivity contribution is 0.550. The third kappa shape index (κ3) is 3.77. The van der Waals surface area contributed by atoms with E-state index in [9.17, 15) is 0 Å². The van der Waals surface area contributed by atoms with Gasteiger partial charge in [0.2, 0.25) is 0 Å². The van der Waals surface area contributed by atoms with Crippen LogP contribution in [0.25, 0.3) is 0 Å².